The van der Waals surface area contributed by atoms with Crippen LogP contribution in [0.15, 0.2) is 52.1 Å². The highest BCUT2D eigenvalue weighted by Crippen LogP contribution is 2.18. The first-order chi connectivity index (χ1) is 16.8. The molecule has 35 heavy (non-hydrogen) atoms. The number of carbonyl (C=O) groups excluding carboxylic acids is 2. The standard InChI is InChI=1S/C26H30N4O5/c1-17-7-5-11-22(18(17)2)27-23(31)16-29(15-19-8-6-14-35-19)24(32)12-13-30-26(34)21-10-4-3-9-20(21)25(33)28-30/h3-5,7,9-11,19H,6,8,12-16H2,1-2H3,(H,27,31)(H,28,33). The van der Waals surface area contributed by atoms with Crippen LogP contribution in [0.5, 0.6) is 0 Å². The highest BCUT2D eigenvalue weighted by Gasteiger charge is 2.25. The Bertz CT molecular complexity index is 1350. The maximum absolute atomic E-state index is 13.2. The van der Waals surface area contributed by atoms with Crippen molar-refractivity contribution < 1.29 is 14.3 Å². The van der Waals surface area contributed by atoms with E-state index in [1.165, 1.54) is 4.90 Å². The Hall–Kier alpha value is -3.72. The van der Waals surface area contributed by atoms with Crippen molar-refractivity contribution in [3.05, 3.63) is 74.3 Å². The summed E-state index contributed by atoms with van der Waals surface area (Å²) >= 11 is 0. The molecule has 4 rings (SSSR count). The Morgan fingerprint density at radius 1 is 1.11 bits per heavy atom. The van der Waals surface area contributed by atoms with E-state index in [2.05, 4.69) is 10.4 Å². The van der Waals surface area contributed by atoms with Gasteiger partial charge < -0.3 is 15.0 Å². The summed E-state index contributed by atoms with van der Waals surface area (Å²) in [6, 6.07) is 12.2. The fourth-order valence-corrected chi connectivity index (χ4v) is 4.31. The van der Waals surface area contributed by atoms with Crippen LogP contribution in [0.4, 0.5) is 5.69 Å². The van der Waals surface area contributed by atoms with E-state index in [-0.39, 0.29) is 43.0 Å². The number of rotatable bonds is 8. The molecule has 0 saturated carbocycles. The van der Waals surface area contributed by atoms with Crippen LogP contribution < -0.4 is 16.4 Å². The van der Waals surface area contributed by atoms with Gasteiger partial charge in [0, 0.05) is 25.3 Å². The average Bonchev–Trinajstić information content (AvgIpc) is 3.36. The Kier molecular flexibility index (Phi) is 7.45. The number of aryl methyl sites for hydroxylation is 2. The Labute approximate surface area is 202 Å². The predicted octanol–water partition coefficient (Wildman–Crippen LogP) is 2.34. The third-order valence-electron chi connectivity index (χ3n) is 6.45. The third kappa shape index (κ3) is 5.68. The van der Waals surface area contributed by atoms with E-state index in [1.807, 2.05) is 32.0 Å². The Balaban J connectivity index is 1.47. The van der Waals surface area contributed by atoms with E-state index in [0.29, 0.717) is 29.6 Å². The summed E-state index contributed by atoms with van der Waals surface area (Å²) in [4.78, 5) is 52.6. The highest BCUT2D eigenvalue weighted by molar-refractivity contribution is 5.95. The Morgan fingerprint density at radius 2 is 1.89 bits per heavy atom. The van der Waals surface area contributed by atoms with Gasteiger partial charge in [0.1, 0.15) is 0 Å². The van der Waals surface area contributed by atoms with Gasteiger partial charge in [-0.05, 0) is 56.0 Å². The lowest BCUT2D eigenvalue weighted by Crippen LogP contribution is -2.43. The monoisotopic (exact) mass is 478 g/mol. The molecular formula is C26H30N4O5. The number of carbonyl (C=O) groups is 2. The largest absolute Gasteiger partial charge is 0.376 e. The maximum Gasteiger partial charge on any atom is 0.273 e. The minimum absolute atomic E-state index is 0.00162. The summed E-state index contributed by atoms with van der Waals surface area (Å²) < 4.78 is 6.84. The van der Waals surface area contributed by atoms with E-state index >= 15 is 0 Å². The molecule has 2 N–H and O–H groups in total. The number of benzene rings is 2. The van der Waals surface area contributed by atoms with E-state index in [1.54, 1.807) is 24.3 Å². The van der Waals surface area contributed by atoms with Crippen LogP contribution >= 0.6 is 0 Å². The van der Waals surface area contributed by atoms with Crippen molar-refractivity contribution in [2.24, 2.45) is 0 Å². The lowest BCUT2D eigenvalue weighted by atomic mass is 10.1. The average molecular weight is 479 g/mol. The number of ether oxygens (including phenoxy) is 1. The molecule has 2 heterocycles. The van der Waals surface area contributed by atoms with Gasteiger partial charge in [0.05, 0.1) is 30.0 Å². The zero-order valence-electron chi connectivity index (χ0n) is 20.0. The quantitative estimate of drug-likeness (QED) is 0.516. The molecule has 9 heteroatoms. The van der Waals surface area contributed by atoms with Crippen molar-refractivity contribution >= 4 is 28.3 Å². The van der Waals surface area contributed by atoms with E-state index in [4.69, 9.17) is 4.74 Å². The lowest BCUT2D eigenvalue weighted by molar-refractivity contribution is -0.136. The van der Waals surface area contributed by atoms with Crippen molar-refractivity contribution in [3.63, 3.8) is 0 Å². The van der Waals surface area contributed by atoms with Crippen LogP contribution in [0.1, 0.15) is 30.4 Å². The van der Waals surface area contributed by atoms with E-state index < -0.39 is 5.56 Å². The molecule has 1 aromatic heterocycles. The second kappa shape index (κ2) is 10.7. The third-order valence-corrected chi connectivity index (χ3v) is 6.45. The minimum atomic E-state index is -0.392. The van der Waals surface area contributed by atoms with Gasteiger partial charge in [-0.2, -0.15) is 0 Å². The van der Waals surface area contributed by atoms with Gasteiger partial charge in [-0.15, -0.1) is 0 Å². The molecular weight excluding hydrogens is 448 g/mol. The van der Waals surface area contributed by atoms with Crippen LogP contribution in [0.25, 0.3) is 10.8 Å². The fourth-order valence-electron chi connectivity index (χ4n) is 4.31. The van der Waals surface area contributed by atoms with Crippen LogP contribution in [0.2, 0.25) is 0 Å². The molecule has 1 aliphatic rings. The molecule has 3 aromatic rings. The molecule has 1 atom stereocenters. The first-order valence-corrected chi connectivity index (χ1v) is 11.8. The minimum Gasteiger partial charge on any atom is -0.376 e. The zero-order chi connectivity index (χ0) is 24.9. The van der Waals surface area contributed by atoms with Gasteiger partial charge in [0.15, 0.2) is 0 Å². The molecule has 0 aliphatic carbocycles. The van der Waals surface area contributed by atoms with Gasteiger partial charge in [-0.3, -0.25) is 24.3 Å². The number of H-pyrrole nitrogens is 1. The summed E-state index contributed by atoms with van der Waals surface area (Å²) in [6.45, 7) is 4.70. The van der Waals surface area contributed by atoms with Gasteiger partial charge in [-0.25, -0.2) is 4.68 Å². The second-order valence-corrected chi connectivity index (χ2v) is 8.90. The molecule has 0 spiro atoms. The zero-order valence-corrected chi connectivity index (χ0v) is 20.0. The summed E-state index contributed by atoms with van der Waals surface area (Å²) in [5, 5.41) is 6.05. The van der Waals surface area contributed by atoms with Gasteiger partial charge in [0.25, 0.3) is 11.1 Å². The molecule has 9 nitrogen and oxygen atoms in total. The molecule has 0 radical (unpaired) electrons. The number of hydrogen-bond acceptors (Lipinski definition) is 5. The fraction of sp³-hybridized carbons (Fsp3) is 0.385. The van der Waals surface area contributed by atoms with Crippen molar-refractivity contribution in [1.29, 1.82) is 0 Å². The maximum atomic E-state index is 13.2. The van der Waals surface area contributed by atoms with Crippen LogP contribution in [0, 0.1) is 13.8 Å². The van der Waals surface area contributed by atoms with Gasteiger partial charge in [-0.1, -0.05) is 24.3 Å². The molecule has 1 saturated heterocycles. The number of fused-ring (bicyclic) bond motifs is 1. The number of anilines is 1. The number of aromatic amines is 1. The number of nitrogens with one attached hydrogen (secondary N) is 2. The highest BCUT2D eigenvalue weighted by atomic mass is 16.5. The molecule has 1 fully saturated rings. The van der Waals surface area contributed by atoms with Crippen LogP contribution in [0.3, 0.4) is 0 Å². The molecule has 2 amide bonds. The molecule has 184 valence electrons. The van der Waals surface area contributed by atoms with Crippen molar-refractivity contribution in [3.8, 4) is 0 Å². The SMILES string of the molecule is Cc1cccc(NC(=O)CN(CC2CCCO2)C(=O)CCn2[nH]c(=O)c3ccccc3c2=O)c1C. The summed E-state index contributed by atoms with van der Waals surface area (Å²) in [5.41, 5.74) is 1.98. The topological polar surface area (TPSA) is 114 Å². The molecule has 2 aromatic carbocycles. The van der Waals surface area contributed by atoms with Gasteiger partial charge in [0.2, 0.25) is 11.8 Å². The summed E-state index contributed by atoms with van der Waals surface area (Å²) in [7, 11) is 0. The number of nitrogens with zero attached hydrogens (tertiary/aromatic N) is 2. The van der Waals surface area contributed by atoms with E-state index in [9.17, 15) is 19.2 Å². The van der Waals surface area contributed by atoms with Crippen molar-refractivity contribution in [2.45, 2.75) is 45.8 Å². The van der Waals surface area contributed by atoms with Crippen LogP contribution in [-0.4, -0.2) is 52.3 Å². The van der Waals surface area contributed by atoms with E-state index in [0.717, 1.165) is 28.7 Å². The molecule has 0 bridgehead atoms. The van der Waals surface area contributed by atoms with Gasteiger partial charge >= 0.3 is 0 Å². The first-order valence-electron chi connectivity index (χ1n) is 11.8. The normalized spacial score (nSPS) is 15.3. The van der Waals surface area contributed by atoms with Crippen molar-refractivity contribution in [1.82, 2.24) is 14.7 Å². The van der Waals surface area contributed by atoms with Crippen molar-refractivity contribution in [2.75, 3.05) is 25.0 Å². The Morgan fingerprint density at radius 3 is 2.63 bits per heavy atom. The summed E-state index contributed by atoms with van der Waals surface area (Å²) in [5.74, 6) is -0.598. The molecule has 1 aliphatic heterocycles. The second-order valence-electron chi connectivity index (χ2n) is 8.90. The smallest absolute Gasteiger partial charge is 0.273 e. The first kappa shape index (κ1) is 24.4. The number of amides is 2. The predicted molar refractivity (Wildman–Crippen MR) is 134 cm³/mol. The van der Waals surface area contributed by atoms with Crippen LogP contribution in [-0.2, 0) is 20.9 Å². The summed E-state index contributed by atoms with van der Waals surface area (Å²) in [6.07, 6.45) is 1.56. The lowest BCUT2D eigenvalue weighted by Gasteiger charge is -2.25. The number of aromatic nitrogens is 2. The number of hydrogen-bond donors (Lipinski definition) is 2. The molecule has 1 unspecified atom stereocenters.